The third-order valence-corrected chi connectivity index (χ3v) is 4.39. The molecule has 2 nitrogen and oxygen atoms in total. The summed E-state index contributed by atoms with van der Waals surface area (Å²) in [5, 5.41) is 3.59. The van der Waals surface area contributed by atoms with Crippen molar-refractivity contribution in [3.63, 3.8) is 0 Å². The third-order valence-electron chi connectivity index (χ3n) is 3.18. The summed E-state index contributed by atoms with van der Waals surface area (Å²) in [5.74, 6) is 0. The van der Waals surface area contributed by atoms with Crippen LogP contribution in [0.2, 0.25) is 0 Å². The van der Waals surface area contributed by atoms with E-state index in [-0.39, 0.29) is 6.04 Å². The number of nitrogens with one attached hydrogen (secondary N) is 1. The van der Waals surface area contributed by atoms with Crippen LogP contribution in [-0.4, -0.2) is 14.1 Å². The van der Waals surface area contributed by atoms with Crippen molar-refractivity contribution in [2.24, 2.45) is 0 Å². The summed E-state index contributed by atoms with van der Waals surface area (Å²) in [7, 11) is 4.12. The van der Waals surface area contributed by atoms with Gasteiger partial charge in [0.15, 0.2) is 0 Å². The lowest BCUT2D eigenvalue weighted by atomic mass is 10.1. The van der Waals surface area contributed by atoms with Crippen LogP contribution in [0.1, 0.15) is 18.5 Å². The van der Waals surface area contributed by atoms with Crippen molar-refractivity contribution in [2.45, 2.75) is 13.0 Å². The summed E-state index contributed by atoms with van der Waals surface area (Å²) >= 11 is 5.87. The van der Waals surface area contributed by atoms with Crippen molar-refractivity contribution in [2.75, 3.05) is 24.3 Å². The van der Waals surface area contributed by atoms with Crippen molar-refractivity contribution in [3.05, 3.63) is 56.1 Å². The van der Waals surface area contributed by atoms with E-state index in [1.165, 1.54) is 14.8 Å². The number of hydrogen-bond acceptors (Lipinski definition) is 2. The predicted octanol–water partition coefficient (Wildman–Crippen LogP) is 5.29. The molecule has 20 heavy (non-hydrogen) atoms. The zero-order chi connectivity index (χ0) is 14.7. The zero-order valence-corrected chi connectivity index (χ0v) is 15.6. The van der Waals surface area contributed by atoms with Gasteiger partial charge in [0.25, 0.3) is 0 Å². The molecule has 4 heteroatoms. The molecule has 1 unspecified atom stereocenters. The van der Waals surface area contributed by atoms with Crippen molar-refractivity contribution >= 4 is 49.9 Å². The van der Waals surface area contributed by atoms with Gasteiger partial charge in [-0.05, 0) is 65.4 Å². The van der Waals surface area contributed by atoms with Gasteiger partial charge in [-0.3, -0.25) is 0 Å². The normalized spacial score (nSPS) is 12.1. The molecule has 2 rings (SSSR count). The molecule has 1 atom stereocenters. The van der Waals surface area contributed by atoms with Crippen LogP contribution >= 0.6 is 38.5 Å². The number of halogens is 2. The summed E-state index contributed by atoms with van der Waals surface area (Å²) < 4.78 is 2.34. The molecule has 0 saturated heterocycles. The van der Waals surface area contributed by atoms with Gasteiger partial charge in [-0.2, -0.15) is 0 Å². The fourth-order valence-electron chi connectivity index (χ4n) is 2.08. The minimum atomic E-state index is 0.264. The van der Waals surface area contributed by atoms with Gasteiger partial charge in [0.1, 0.15) is 0 Å². The van der Waals surface area contributed by atoms with Gasteiger partial charge in [-0.1, -0.05) is 28.1 Å². The van der Waals surface area contributed by atoms with Crippen LogP contribution in [0.4, 0.5) is 11.4 Å². The standard InChI is InChI=1S/C16H18BrIN2/c1-11(12-4-7-14(18)8-5-12)19-15-10-13(17)6-9-16(15)20(2)3/h4-11,19H,1-3H3. The van der Waals surface area contributed by atoms with Crippen LogP contribution in [0.5, 0.6) is 0 Å². The molecular formula is C16H18BrIN2. The number of nitrogens with zero attached hydrogens (tertiary/aromatic N) is 1. The third kappa shape index (κ3) is 3.88. The summed E-state index contributed by atoms with van der Waals surface area (Å²) in [6.07, 6.45) is 0. The zero-order valence-electron chi connectivity index (χ0n) is 11.8. The Morgan fingerprint density at radius 1 is 1.10 bits per heavy atom. The lowest BCUT2D eigenvalue weighted by Gasteiger charge is -2.22. The molecule has 106 valence electrons. The van der Waals surface area contributed by atoms with Gasteiger partial charge < -0.3 is 10.2 Å². The SMILES string of the molecule is CC(Nc1cc(Br)ccc1N(C)C)c1ccc(I)cc1. The first-order valence-electron chi connectivity index (χ1n) is 6.46. The molecule has 0 aliphatic carbocycles. The Kier molecular flexibility index (Phi) is 5.32. The number of benzene rings is 2. The molecule has 0 aliphatic heterocycles. The first-order chi connectivity index (χ1) is 9.47. The van der Waals surface area contributed by atoms with Crippen LogP contribution in [-0.2, 0) is 0 Å². The lowest BCUT2D eigenvalue weighted by molar-refractivity contribution is 0.882. The van der Waals surface area contributed by atoms with Gasteiger partial charge in [-0.25, -0.2) is 0 Å². The fraction of sp³-hybridized carbons (Fsp3) is 0.250. The molecule has 0 saturated carbocycles. The Balaban J connectivity index is 2.24. The molecule has 0 aliphatic rings. The van der Waals surface area contributed by atoms with Crippen molar-refractivity contribution in [3.8, 4) is 0 Å². The van der Waals surface area contributed by atoms with Crippen LogP contribution in [0.3, 0.4) is 0 Å². The summed E-state index contributed by atoms with van der Waals surface area (Å²) in [6, 6.07) is 15.2. The largest absolute Gasteiger partial charge is 0.377 e. The number of hydrogen-bond donors (Lipinski definition) is 1. The molecule has 0 bridgehead atoms. The highest BCUT2D eigenvalue weighted by Gasteiger charge is 2.10. The van der Waals surface area contributed by atoms with E-state index in [0.717, 1.165) is 10.2 Å². The molecule has 1 N–H and O–H groups in total. The van der Waals surface area contributed by atoms with Gasteiger partial charge >= 0.3 is 0 Å². The highest BCUT2D eigenvalue weighted by molar-refractivity contribution is 14.1. The topological polar surface area (TPSA) is 15.3 Å². The van der Waals surface area contributed by atoms with E-state index >= 15 is 0 Å². The number of anilines is 2. The minimum absolute atomic E-state index is 0.264. The lowest BCUT2D eigenvalue weighted by Crippen LogP contribution is -2.14. The second-order valence-corrected chi connectivity index (χ2v) is 7.13. The Bertz CT molecular complexity index is 582. The van der Waals surface area contributed by atoms with E-state index < -0.39 is 0 Å². The van der Waals surface area contributed by atoms with E-state index in [1.807, 2.05) is 0 Å². The fourth-order valence-corrected chi connectivity index (χ4v) is 2.80. The predicted molar refractivity (Wildman–Crippen MR) is 99.7 cm³/mol. The molecule has 0 amide bonds. The Morgan fingerprint density at radius 3 is 2.35 bits per heavy atom. The molecule has 0 fully saturated rings. The van der Waals surface area contributed by atoms with Crippen LogP contribution in [0.15, 0.2) is 46.9 Å². The highest BCUT2D eigenvalue weighted by atomic mass is 127. The molecule has 2 aromatic carbocycles. The van der Waals surface area contributed by atoms with Crippen LogP contribution in [0, 0.1) is 3.57 Å². The smallest absolute Gasteiger partial charge is 0.0597 e. The van der Waals surface area contributed by atoms with Crippen LogP contribution in [0.25, 0.3) is 0 Å². The average molecular weight is 445 g/mol. The quantitative estimate of drug-likeness (QED) is 0.644. The minimum Gasteiger partial charge on any atom is -0.377 e. The average Bonchev–Trinajstić information content (AvgIpc) is 2.39. The molecule has 2 aromatic rings. The monoisotopic (exact) mass is 444 g/mol. The summed E-state index contributed by atoms with van der Waals surface area (Å²) in [5.41, 5.74) is 3.61. The van der Waals surface area contributed by atoms with E-state index in [9.17, 15) is 0 Å². The van der Waals surface area contributed by atoms with E-state index in [0.29, 0.717) is 0 Å². The second kappa shape index (κ2) is 6.80. The Hall–Kier alpha value is -0.750. The maximum absolute atomic E-state index is 3.59. The van der Waals surface area contributed by atoms with Crippen molar-refractivity contribution in [1.82, 2.24) is 0 Å². The Labute approximate surface area is 142 Å². The second-order valence-electron chi connectivity index (χ2n) is 4.97. The van der Waals surface area contributed by atoms with E-state index in [2.05, 4.69) is 112 Å². The maximum Gasteiger partial charge on any atom is 0.0597 e. The van der Waals surface area contributed by atoms with Gasteiger partial charge in [0.2, 0.25) is 0 Å². The molecule has 0 aromatic heterocycles. The highest BCUT2D eigenvalue weighted by Crippen LogP contribution is 2.31. The summed E-state index contributed by atoms with van der Waals surface area (Å²) in [6.45, 7) is 2.18. The first-order valence-corrected chi connectivity index (χ1v) is 8.33. The summed E-state index contributed by atoms with van der Waals surface area (Å²) in [4.78, 5) is 2.12. The van der Waals surface area contributed by atoms with E-state index in [4.69, 9.17) is 0 Å². The molecular weight excluding hydrogens is 427 g/mol. The van der Waals surface area contributed by atoms with E-state index in [1.54, 1.807) is 0 Å². The molecule has 0 heterocycles. The van der Waals surface area contributed by atoms with Gasteiger partial charge in [0, 0.05) is 28.2 Å². The van der Waals surface area contributed by atoms with Crippen molar-refractivity contribution < 1.29 is 0 Å². The molecule has 0 radical (unpaired) electrons. The van der Waals surface area contributed by atoms with Gasteiger partial charge in [0.05, 0.1) is 11.4 Å². The van der Waals surface area contributed by atoms with Gasteiger partial charge in [-0.15, -0.1) is 0 Å². The van der Waals surface area contributed by atoms with Crippen molar-refractivity contribution in [1.29, 1.82) is 0 Å². The maximum atomic E-state index is 3.59. The Morgan fingerprint density at radius 2 is 1.75 bits per heavy atom. The molecule has 0 spiro atoms. The number of rotatable bonds is 4. The first kappa shape index (κ1) is 15.6. The van der Waals surface area contributed by atoms with Crippen LogP contribution < -0.4 is 10.2 Å².